The average molecular weight is 386 g/mol. The molecular weight excluding hydrogens is 360 g/mol. The number of nitrogens with zero attached hydrogens (tertiary/aromatic N) is 4. The fourth-order valence-corrected chi connectivity index (χ4v) is 3.98. The van der Waals surface area contributed by atoms with Crippen LogP contribution < -0.4 is 15.2 Å². The van der Waals surface area contributed by atoms with Crippen LogP contribution in [0.1, 0.15) is 25.6 Å². The highest BCUT2D eigenvalue weighted by Gasteiger charge is 2.33. The predicted molar refractivity (Wildman–Crippen MR) is 103 cm³/mol. The van der Waals surface area contributed by atoms with Gasteiger partial charge in [0.15, 0.2) is 11.5 Å². The van der Waals surface area contributed by atoms with E-state index in [9.17, 15) is 9.59 Å². The first-order valence-electron chi connectivity index (χ1n) is 9.86. The standard InChI is InChI=1S/C20H26N4O4/c1-3-24-18(21-22(2)20(24)26)12-14-8-10-23(11-9-14)19(25)17-13-27-15-6-4-5-7-16(15)28-17/h4-7,14,17H,3,8-13H2,1-2H3/t17-/m1/s1. The first-order valence-corrected chi connectivity index (χ1v) is 9.86. The number of hydrogen-bond acceptors (Lipinski definition) is 5. The van der Waals surface area contributed by atoms with E-state index >= 15 is 0 Å². The number of hydrogen-bond donors (Lipinski definition) is 0. The van der Waals surface area contributed by atoms with Crippen LogP contribution in [0.25, 0.3) is 0 Å². The molecule has 0 aliphatic carbocycles. The predicted octanol–water partition coefficient (Wildman–Crippen LogP) is 1.22. The van der Waals surface area contributed by atoms with Gasteiger partial charge in [0.25, 0.3) is 5.91 Å². The molecule has 1 fully saturated rings. The Labute approximate surface area is 163 Å². The van der Waals surface area contributed by atoms with E-state index in [1.54, 1.807) is 11.6 Å². The van der Waals surface area contributed by atoms with Gasteiger partial charge in [-0.05, 0) is 37.8 Å². The van der Waals surface area contributed by atoms with Crippen LogP contribution in [0, 0.1) is 5.92 Å². The molecule has 1 saturated heterocycles. The van der Waals surface area contributed by atoms with Crippen molar-refractivity contribution >= 4 is 5.91 Å². The lowest BCUT2D eigenvalue weighted by molar-refractivity contribution is -0.142. The third kappa shape index (κ3) is 3.50. The van der Waals surface area contributed by atoms with Gasteiger partial charge in [0.1, 0.15) is 12.4 Å². The Kier molecular flexibility index (Phi) is 5.11. The average Bonchev–Trinajstić information content (AvgIpc) is 3.00. The highest BCUT2D eigenvalue weighted by atomic mass is 16.6. The molecule has 1 aromatic carbocycles. The van der Waals surface area contributed by atoms with Crippen molar-refractivity contribution in [1.82, 2.24) is 19.2 Å². The molecule has 0 N–H and O–H groups in total. The number of carbonyl (C=O) groups is 1. The number of rotatable bonds is 4. The number of fused-ring (bicyclic) bond motifs is 1. The van der Waals surface area contributed by atoms with Gasteiger partial charge in [-0.3, -0.25) is 9.36 Å². The van der Waals surface area contributed by atoms with Gasteiger partial charge >= 0.3 is 5.69 Å². The zero-order chi connectivity index (χ0) is 19.7. The van der Waals surface area contributed by atoms with E-state index in [1.165, 1.54) is 4.68 Å². The molecule has 2 aromatic rings. The minimum atomic E-state index is -0.590. The molecule has 0 unspecified atom stereocenters. The molecule has 1 aromatic heterocycles. The highest BCUT2D eigenvalue weighted by Crippen LogP contribution is 2.31. The summed E-state index contributed by atoms with van der Waals surface area (Å²) in [4.78, 5) is 26.8. The molecule has 28 heavy (non-hydrogen) atoms. The number of piperidine rings is 1. The molecule has 0 radical (unpaired) electrons. The van der Waals surface area contributed by atoms with Crippen LogP contribution in [-0.4, -0.2) is 51.0 Å². The maximum absolute atomic E-state index is 12.8. The van der Waals surface area contributed by atoms with Gasteiger partial charge in [-0.1, -0.05) is 12.1 Å². The fraction of sp³-hybridized carbons (Fsp3) is 0.550. The van der Waals surface area contributed by atoms with E-state index < -0.39 is 6.10 Å². The maximum atomic E-state index is 12.8. The molecule has 0 spiro atoms. The van der Waals surface area contributed by atoms with Crippen molar-refractivity contribution in [3.8, 4) is 11.5 Å². The summed E-state index contributed by atoms with van der Waals surface area (Å²) in [6, 6.07) is 7.42. The number of ether oxygens (including phenoxy) is 2. The molecule has 3 heterocycles. The van der Waals surface area contributed by atoms with Crippen LogP contribution in [0.3, 0.4) is 0 Å². The van der Waals surface area contributed by atoms with E-state index in [0.29, 0.717) is 37.1 Å². The van der Waals surface area contributed by atoms with Crippen LogP contribution >= 0.6 is 0 Å². The normalized spacial score (nSPS) is 19.6. The minimum Gasteiger partial charge on any atom is -0.485 e. The van der Waals surface area contributed by atoms with Crippen molar-refractivity contribution in [2.75, 3.05) is 19.7 Å². The number of carbonyl (C=O) groups excluding carboxylic acids is 1. The van der Waals surface area contributed by atoms with Crippen LogP contribution in [0.2, 0.25) is 0 Å². The summed E-state index contributed by atoms with van der Waals surface area (Å²) in [7, 11) is 1.68. The molecule has 2 aliphatic heterocycles. The van der Waals surface area contributed by atoms with E-state index in [4.69, 9.17) is 9.47 Å². The van der Waals surface area contributed by atoms with Crippen LogP contribution in [0.15, 0.2) is 29.1 Å². The maximum Gasteiger partial charge on any atom is 0.345 e. The van der Waals surface area contributed by atoms with Crippen molar-refractivity contribution in [3.63, 3.8) is 0 Å². The van der Waals surface area contributed by atoms with Gasteiger partial charge in [-0.25, -0.2) is 9.48 Å². The zero-order valence-electron chi connectivity index (χ0n) is 16.3. The molecule has 1 atom stereocenters. The van der Waals surface area contributed by atoms with E-state index in [-0.39, 0.29) is 18.2 Å². The summed E-state index contributed by atoms with van der Waals surface area (Å²) in [5, 5.41) is 4.37. The van der Waals surface area contributed by atoms with E-state index in [2.05, 4.69) is 5.10 Å². The minimum absolute atomic E-state index is 0.0174. The van der Waals surface area contributed by atoms with Crippen LogP contribution in [0.4, 0.5) is 0 Å². The molecule has 1 amide bonds. The van der Waals surface area contributed by atoms with Crippen molar-refractivity contribution in [1.29, 1.82) is 0 Å². The topological polar surface area (TPSA) is 78.6 Å². The quantitative estimate of drug-likeness (QED) is 0.790. The molecule has 2 aliphatic rings. The number of para-hydroxylation sites is 2. The summed E-state index contributed by atoms with van der Waals surface area (Å²) < 4.78 is 14.6. The summed E-state index contributed by atoms with van der Waals surface area (Å²) in [6.45, 7) is 4.20. The Hall–Kier alpha value is -2.77. The number of likely N-dealkylation sites (tertiary alicyclic amines) is 1. The summed E-state index contributed by atoms with van der Waals surface area (Å²) in [5.74, 6) is 2.54. The Morgan fingerprint density at radius 2 is 1.93 bits per heavy atom. The molecule has 0 saturated carbocycles. The second-order valence-corrected chi connectivity index (χ2v) is 7.40. The molecule has 0 bridgehead atoms. The third-order valence-electron chi connectivity index (χ3n) is 5.58. The Balaban J connectivity index is 1.34. The Morgan fingerprint density at radius 1 is 1.21 bits per heavy atom. The molecule has 8 heteroatoms. The third-order valence-corrected chi connectivity index (χ3v) is 5.58. The van der Waals surface area contributed by atoms with Crippen LogP contribution in [-0.2, 0) is 24.8 Å². The summed E-state index contributed by atoms with van der Waals surface area (Å²) in [6.07, 6.45) is 1.96. The fourth-order valence-electron chi connectivity index (χ4n) is 3.98. The monoisotopic (exact) mass is 386 g/mol. The number of aryl methyl sites for hydroxylation is 1. The smallest absolute Gasteiger partial charge is 0.345 e. The van der Waals surface area contributed by atoms with Gasteiger partial charge in [-0.15, -0.1) is 0 Å². The molecule has 4 rings (SSSR count). The SMILES string of the molecule is CCn1c(CC2CCN(C(=O)[C@H]3COc4ccccc4O3)CC2)nn(C)c1=O. The van der Waals surface area contributed by atoms with Crippen molar-refractivity contribution in [3.05, 3.63) is 40.6 Å². The summed E-state index contributed by atoms with van der Waals surface area (Å²) in [5.41, 5.74) is -0.0696. The number of amides is 1. The number of aromatic nitrogens is 3. The van der Waals surface area contributed by atoms with Crippen molar-refractivity contribution in [2.45, 2.75) is 38.8 Å². The van der Waals surface area contributed by atoms with E-state index in [1.807, 2.05) is 36.1 Å². The molecule has 150 valence electrons. The highest BCUT2D eigenvalue weighted by molar-refractivity contribution is 5.82. The second-order valence-electron chi connectivity index (χ2n) is 7.40. The van der Waals surface area contributed by atoms with Crippen molar-refractivity contribution in [2.24, 2.45) is 13.0 Å². The van der Waals surface area contributed by atoms with Gasteiger partial charge < -0.3 is 14.4 Å². The molecule has 8 nitrogen and oxygen atoms in total. The second kappa shape index (κ2) is 7.69. The van der Waals surface area contributed by atoms with Gasteiger partial charge in [0, 0.05) is 33.1 Å². The molecular formula is C20H26N4O4. The first-order chi connectivity index (χ1) is 13.6. The van der Waals surface area contributed by atoms with Gasteiger partial charge in [-0.2, -0.15) is 5.10 Å². The van der Waals surface area contributed by atoms with E-state index in [0.717, 1.165) is 25.1 Å². The lowest BCUT2D eigenvalue weighted by atomic mass is 9.93. The number of benzene rings is 1. The van der Waals surface area contributed by atoms with Crippen molar-refractivity contribution < 1.29 is 14.3 Å². The largest absolute Gasteiger partial charge is 0.485 e. The lowest BCUT2D eigenvalue weighted by Crippen LogP contribution is -2.49. The Bertz CT molecular complexity index is 911. The van der Waals surface area contributed by atoms with Crippen LogP contribution in [0.5, 0.6) is 11.5 Å². The zero-order valence-corrected chi connectivity index (χ0v) is 16.3. The first kappa shape index (κ1) is 18.6. The Morgan fingerprint density at radius 3 is 2.64 bits per heavy atom. The van der Waals surface area contributed by atoms with Gasteiger partial charge in [0.05, 0.1) is 0 Å². The van der Waals surface area contributed by atoms with Gasteiger partial charge in [0.2, 0.25) is 6.10 Å². The lowest BCUT2D eigenvalue weighted by Gasteiger charge is -2.35. The summed E-state index contributed by atoms with van der Waals surface area (Å²) >= 11 is 0.